The molecule has 6 atom stereocenters. The van der Waals surface area contributed by atoms with Gasteiger partial charge in [-0.05, 0) is 61.6 Å². The molecule has 22 nitrogen and oxygen atoms in total. The van der Waals surface area contributed by atoms with E-state index in [1.807, 2.05) is 24.3 Å². The summed E-state index contributed by atoms with van der Waals surface area (Å²) in [5.74, 6) is -4.86. The monoisotopic (exact) mass is 979 g/mol. The fraction of sp³-hybridized carbons (Fsp3) is 0.469. The molecule has 0 radical (unpaired) electrons. The Morgan fingerprint density at radius 2 is 1.51 bits per heavy atom. The SMILES string of the molecule is NC[C@@](C=O)(Cc1c[nH]c2ccccc12)NC(=O)[C@@H]1CCNC(=O)CC[C@H](NC(=O)CC2CCCC2)C(=O)N[C@@H](Cc2cnc[nH]2)C(=O)N[C@H](Cc2ccccc2)C(=O)N[C@@H](CCCN=C(N)N)C(=O)N1. The molecule has 1 aliphatic carbocycles. The van der Waals surface area contributed by atoms with E-state index in [1.165, 1.54) is 12.5 Å². The van der Waals surface area contributed by atoms with Crippen molar-refractivity contribution in [1.29, 1.82) is 0 Å². The minimum Gasteiger partial charge on any atom is -0.370 e. The van der Waals surface area contributed by atoms with Gasteiger partial charge in [0.05, 0.1) is 6.33 Å². The molecular weight excluding hydrogens is 913 g/mol. The molecule has 1 saturated heterocycles. The molecule has 7 amide bonds. The number of rotatable bonds is 17. The zero-order valence-corrected chi connectivity index (χ0v) is 39.7. The topological polar surface area (TPSA) is 356 Å². The predicted octanol–water partition coefficient (Wildman–Crippen LogP) is -0.710. The van der Waals surface area contributed by atoms with Gasteiger partial charge in [0.15, 0.2) is 5.96 Å². The van der Waals surface area contributed by atoms with Gasteiger partial charge in [0.2, 0.25) is 41.4 Å². The number of aldehydes is 1. The number of hydrogen-bond acceptors (Lipinski definition) is 11. The minimum atomic E-state index is -1.63. The number of amides is 7. The number of guanidine groups is 1. The van der Waals surface area contributed by atoms with Crippen molar-refractivity contribution in [1.82, 2.24) is 52.2 Å². The van der Waals surface area contributed by atoms with Crippen LogP contribution in [0.3, 0.4) is 0 Å². The van der Waals surface area contributed by atoms with Gasteiger partial charge >= 0.3 is 0 Å². The van der Waals surface area contributed by atoms with Gasteiger partial charge in [-0.15, -0.1) is 0 Å². The van der Waals surface area contributed by atoms with Crippen LogP contribution in [0.5, 0.6) is 0 Å². The highest BCUT2D eigenvalue weighted by Crippen LogP contribution is 2.27. The molecular formula is C49H66N14O8. The van der Waals surface area contributed by atoms with Crippen molar-refractivity contribution in [3.8, 4) is 0 Å². The smallest absolute Gasteiger partial charge is 0.243 e. The molecule has 380 valence electrons. The van der Waals surface area contributed by atoms with E-state index >= 15 is 0 Å². The predicted molar refractivity (Wildman–Crippen MR) is 263 cm³/mol. The first-order chi connectivity index (χ1) is 34.2. The lowest BCUT2D eigenvalue weighted by atomic mass is 9.91. The summed E-state index contributed by atoms with van der Waals surface area (Å²) in [6, 6.07) is 9.58. The Morgan fingerprint density at radius 3 is 2.21 bits per heavy atom. The molecule has 0 bridgehead atoms. The number of H-pyrrole nitrogens is 2. The van der Waals surface area contributed by atoms with Crippen LogP contribution in [0.4, 0.5) is 0 Å². The Morgan fingerprint density at radius 1 is 0.817 bits per heavy atom. The molecule has 6 rings (SSSR count). The van der Waals surface area contributed by atoms with Crippen molar-refractivity contribution in [2.45, 2.75) is 119 Å². The zero-order valence-electron chi connectivity index (χ0n) is 39.7. The lowest BCUT2D eigenvalue weighted by Crippen LogP contribution is -2.62. The first-order valence-corrected chi connectivity index (χ1v) is 24.1. The number of nitrogens with zero attached hydrogens (tertiary/aromatic N) is 2. The van der Waals surface area contributed by atoms with Gasteiger partial charge in [-0.1, -0.05) is 61.4 Å². The second-order valence-electron chi connectivity index (χ2n) is 18.3. The first-order valence-electron chi connectivity index (χ1n) is 24.1. The summed E-state index contributed by atoms with van der Waals surface area (Å²) in [6.07, 6.45) is 8.45. The van der Waals surface area contributed by atoms with Crippen molar-refractivity contribution in [3.63, 3.8) is 0 Å². The lowest BCUT2D eigenvalue weighted by molar-refractivity contribution is -0.135. The third-order valence-electron chi connectivity index (χ3n) is 12.9. The standard InChI is InChI=1S/C49H66N14O8/c50-27-49(28-64,24-32-25-56-35-14-7-6-13-34(32)35)63-47(71)38-18-20-54-41(65)17-16-37(58-42(66)22-31-11-4-5-12-31)44(68)62-40(23-33-26-53-29-57-33)46(70)61-39(21-30-9-2-1-3-10-30)45(69)59-36(43(67)60-38)15-8-19-55-48(51)52/h1-3,6-7,9-10,13-14,25-26,28-29,31,36-40,56H,4-5,8,11-12,15-24,27,50H2,(H,53,57)(H,54,65)(H,58,66)(H,59,69)(H,60,67)(H,61,70)(H,62,68)(H,63,71)(H4,51,52,55)/t36-,37-,38-,39+,40-,49+/m0/s1. The maximum atomic E-state index is 14.6. The van der Waals surface area contributed by atoms with E-state index in [2.05, 4.69) is 57.2 Å². The number of aromatic nitrogens is 3. The third kappa shape index (κ3) is 15.7. The van der Waals surface area contributed by atoms with Crippen LogP contribution in [-0.2, 0) is 57.6 Å². The molecule has 0 spiro atoms. The molecule has 1 aliphatic heterocycles. The largest absolute Gasteiger partial charge is 0.370 e. The van der Waals surface area contributed by atoms with Gasteiger partial charge in [-0.2, -0.15) is 0 Å². The minimum absolute atomic E-state index is 0.00711. The number of nitrogens with two attached hydrogens (primary N) is 3. The van der Waals surface area contributed by atoms with Crippen LogP contribution in [0, 0.1) is 5.92 Å². The normalized spacial score (nSPS) is 21.9. The zero-order chi connectivity index (χ0) is 50.8. The van der Waals surface area contributed by atoms with E-state index in [0.717, 1.165) is 36.6 Å². The van der Waals surface area contributed by atoms with E-state index in [0.29, 0.717) is 23.1 Å². The van der Waals surface area contributed by atoms with Crippen molar-refractivity contribution >= 4 is 64.5 Å². The molecule has 22 heteroatoms. The number of carbonyl (C=O) groups excluding carboxylic acids is 8. The van der Waals surface area contributed by atoms with Crippen LogP contribution in [0.15, 0.2) is 78.3 Å². The Hall–Kier alpha value is -7.62. The number of carbonyl (C=O) groups is 8. The van der Waals surface area contributed by atoms with Crippen LogP contribution < -0.4 is 54.4 Å². The van der Waals surface area contributed by atoms with Gasteiger partial charge in [-0.3, -0.25) is 38.6 Å². The summed E-state index contributed by atoms with van der Waals surface area (Å²) in [5, 5.41) is 20.1. The van der Waals surface area contributed by atoms with Crippen molar-refractivity contribution in [3.05, 3.63) is 90.1 Å². The fourth-order valence-electron chi connectivity index (χ4n) is 8.97. The Kier molecular flexibility index (Phi) is 19.2. The van der Waals surface area contributed by atoms with Crippen molar-refractivity contribution in [2.75, 3.05) is 19.6 Å². The number of benzene rings is 2. The highest BCUT2D eigenvalue weighted by Gasteiger charge is 2.37. The second kappa shape index (κ2) is 25.8. The van der Waals surface area contributed by atoms with Gasteiger partial charge in [0.25, 0.3) is 0 Å². The average molecular weight is 979 g/mol. The number of aromatic amines is 2. The molecule has 15 N–H and O–H groups in total. The van der Waals surface area contributed by atoms with Gasteiger partial charge in [-0.25, -0.2) is 4.98 Å². The van der Waals surface area contributed by atoms with Crippen molar-refractivity contribution < 1.29 is 38.4 Å². The number of fused-ring (bicyclic) bond motifs is 1. The van der Waals surface area contributed by atoms with E-state index in [4.69, 9.17) is 17.2 Å². The quantitative estimate of drug-likeness (QED) is 0.0270. The van der Waals surface area contributed by atoms with Crippen molar-refractivity contribution in [2.24, 2.45) is 28.1 Å². The first kappa shape index (κ1) is 52.7. The lowest BCUT2D eigenvalue weighted by Gasteiger charge is -2.31. The molecule has 4 aromatic rings. The number of aliphatic imine (C=N–C) groups is 1. The molecule has 2 fully saturated rings. The van der Waals surface area contributed by atoms with Crippen LogP contribution in [0.1, 0.15) is 81.0 Å². The summed E-state index contributed by atoms with van der Waals surface area (Å²) in [4.78, 5) is 126. The third-order valence-corrected chi connectivity index (χ3v) is 12.9. The molecule has 2 aliphatic rings. The second-order valence-corrected chi connectivity index (χ2v) is 18.3. The van der Waals surface area contributed by atoms with E-state index in [9.17, 15) is 38.4 Å². The van der Waals surface area contributed by atoms with E-state index in [-0.39, 0.29) is 95.2 Å². The van der Waals surface area contributed by atoms with E-state index < -0.39 is 71.2 Å². The summed E-state index contributed by atoms with van der Waals surface area (Å²) >= 11 is 0. The summed E-state index contributed by atoms with van der Waals surface area (Å²) in [5.41, 5.74) is 18.3. The highest BCUT2D eigenvalue weighted by atomic mass is 16.2. The molecule has 1 saturated carbocycles. The Bertz CT molecular complexity index is 2490. The number of nitrogens with one attached hydrogen (secondary N) is 9. The molecule has 2 aromatic heterocycles. The van der Waals surface area contributed by atoms with Crippen LogP contribution >= 0.6 is 0 Å². The maximum absolute atomic E-state index is 14.6. The number of hydrogen-bond donors (Lipinski definition) is 12. The molecule has 71 heavy (non-hydrogen) atoms. The van der Waals surface area contributed by atoms with Crippen LogP contribution in [-0.4, -0.2) is 124 Å². The average Bonchev–Trinajstić information content (AvgIpc) is 4.16. The van der Waals surface area contributed by atoms with Crippen LogP contribution in [0.25, 0.3) is 10.9 Å². The Labute approximate surface area is 411 Å². The maximum Gasteiger partial charge on any atom is 0.243 e. The Balaban J connectivity index is 1.33. The van der Waals surface area contributed by atoms with Gasteiger partial charge < -0.3 is 69.2 Å². The van der Waals surface area contributed by atoms with Gasteiger partial charge in [0.1, 0.15) is 42.0 Å². The van der Waals surface area contributed by atoms with Crippen LogP contribution in [0.2, 0.25) is 0 Å². The summed E-state index contributed by atoms with van der Waals surface area (Å²) < 4.78 is 0. The summed E-state index contributed by atoms with van der Waals surface area (Å²) in [6.45, 7) is -0.413. The van der Waals surface area contributed by atoms with Gasteiger partial charge in [0, 0.05) is 80.7 Å². The molecule has 2 aromatic carbocycles. The molecule has 0 unspecified atom stereocenters. The fourth-order valence-corrected chi connectivity index (χ4v) is 8.97. The highest BCUT2D eigenvalue weighted by molar-refractivity contribution is 5.97. The summed E-state index contributed by atoms with van der Waals surface area (Å²) in [7, 11) is 0. The van der Waals surface area contributed by atoms with E-state index in [1.54, 1.807) is 36.5 Å². The number of para-hydroxylation sites is 1. The number of imidazole rings is 1. The molecule has 3 heterocycles.